The van der Waals surface area contributed by atoms with Crippen molar-refractivity contribution in [2.75, 3.05) is 18.8 Å². The molecule has 45 heavy (non-hydrogen) atoms. The highest BCUT2D eigenvalue weighted by Crippen LogP contribution is 2.33. The number of para-hydroxylation sites is 1. The van der Waals surface area contributed by atoms with E-state index in [1.807, 2.05) is 32.0 Å². The molecule has 11 nitrogen and oxygen atoms in total. The number of halogens is 1. The third-order valence-corrected chi connectivity index (χ3v) is 8.99. The maximum Gasteiger partial charge on any atom is 0.332 e. The van der Waals surface area contributed by atoms with E-state index in [4.69, 9.17) is 5.73 Å². The molecule has 2 atom stereocenters. The number of nitrogens with zero attached hydrogens (tertiary/aromatic N) is 5. The molecule has 2 aliphatic rings. The van der Waals surface area contributed by atoms with E-state index < -0.39 is 18.2 Å². The summed E-state index contributed by atoms with van der Waals surface area (Å²) >= 11 is 1.37. The first kappa shape index (κ1) is 30.3. The molecular formula is C32H34FN7O4S. The lowest BCUT2D eigenvalue weighted by Gasteiger charge is -2.47. The number of fused-ring (bicyclic) bond motifs is 2. The fourth-order valence-corrected chi connectivity index (χ4v) is 6.87. The number of phenolic OH excluding ortho intramolecular Hbond substituents is 1. The number of carbonyl (C=O) groups is 3. The van der Waals surface area contributed by atoms with Crippen molar-refractivity contribution in [2.24, 2.45) is 0 Å². The molecule has 13 heteroatoms. The van der Waals surface area contributed by atoms with Crippen LogP contribution in [0.1, 0.15) is 30.5 Å². The van der Waals surface area contributed by atoms with Gasteiger partial charge in [0.15, 0.2) is 5.13 Å². The number of phenols is 1. The topological polar surface area (TPSA) is 135 Å². The van der Waals surface area contributed by atoms with Gasteiger partial charge in [0.1, 0.15) is 23.8 Å². The van der Waals surface area contributed by atoms with Crippen molar-refractivity contribution in [3.63, 3.8) is 0 Å². The fourth-order valence-electron chi connectivity index (χ4n) is 6.08. The molecular weight excluding hydrogens is 597 g/mol. The molecule has 3 heterocycles. The van der Waals surface area contributed by atoms with Crippen molar-refractivity contribution in [1.29, 1.82) is 0 Å². The van der Waals surface area contributed by atoms with Crippen LogP contribution in [0.15, 0.2) is 66.7 Å². The number of amides is 4. The minimum atomic E-state index is -0.832. The lowest BCUT2D eigenvalue weighted by atomic mass is 9.99. The quantitative estimate of drug-likeness (QED) is 0.270. The summed E-state index contributed by atoms with van der Waals surface area (Å²) in [5.74, 6) is -0.737. The molecule has 0 bridgehead atoms. The van der Waals surface area contributed by atoms with Gasteiger partial charge in [0.25, 0.3) is 0 Å². The maximum atomic E-state index is 14.2. The first-order valence-corrected chi connectivity index (χ1v) is 15.5. The van der Waals surface area contributed by atoms with Gasteiger partial charge in [0.2, 0.25) is 11.8 Å². The molecule has 0 spiro atoms. The number of nitrogens with one attached hydrogen (secondary N) is 1. The second kappa shape index (κ2) is 12.3. The zero-order valence-electron chi connectivity index (χ0n) is 24.9. The Morgan fingerprint density at radius 2 is 1.82 bits per heavy atom. The fraction of sp³-hybridized carbons (Fsp3) is 0.312. The Bertz CT molecular complexity index is 1730. The van der Waals surface area contributed by atoms with E-state index in [1.165, 1.54) is 28.5 Å². The van der Waals surface area contributed by atoms with Gasteiger partial charge in [-0.3, -0.25) is 14.6 Å². The number of hydrogen-bond acceptors (Lipinski definition) is 8. The molecule has 1 aromatic heterocycles. The maximum absolute atomic E-state index is 14.2. The molecule has 2 saturated heterocycles. The van der Waals surface area contributed by atoms with Crippen molar-refractivity contribution < 1.29 is 23.9 Å². The van der Waals surface area contributed by atoms with Gasteiger partial charge in [0, 0.05) is 25.6 Å². The molecule has 3 aromatic carbocycles. The van der Waals surface area contributed by atoms with E-state index in [2.05, 4.69) is 10.3 Å². The van der Waals surface area contributed by atoms with Gasteiger partial charge in [-0.1, -0.05) is 47.7 Å². The number of carbonyl (C=O) groups excluding carboxylic acids is 3. The number of aromatic nitrogens is 1. The van der Waals surface area contributed by atoms with Crippen LogP contribution in [0.3, 0.4) is 0 Å². The van der Waals surface area contributed by atoms with Crippen LogP contribution in [0.4, 0.5) is 14.3 Å². The average Bonchev–Trinajstić information content (AvgIpc) is 3.54. The monoisotopic (exact) mass is 631 g/mol. The molecule has 0 aliphatic carbocycles. The van der Waals surface area contributed by atoms with Crippen molar-refractivity contribution in [3.05, 3.63) is 89.2 Å². The standard InChI is InChI=1S/C32H34FN7O4S/c1-19(2)40(32(44)35-15-21-6-10-23(33)11-7-21)38-18-28(42)39-25(14-20-8-12-24(41)13-9-20)30(43)37(17-27(38)39)16-22-4-3-5-26-29(22)36-31(34)45-26/h3-13,19,25,27,41H,14-18H2,1-2H3,(H2,34,36)(H,35,44)/t25-,27?/m0/s1. The second-order valence-corrected chi connectivity index (χ2v) is 12.6. The highest BCUT2D eigenvalue weighted by atomic mass is 32.1. The Balaban J connectivity index is 1.31. The van der Waals surface area contributed by atoms with Gasteiger partial charge in [-0.2, -0.15) is 5.01 Å². The predicted molar refractivity (Wildman–Crippen MR) is 168 cm³/mol. The van der Waals surface area contributed by atoms with Crippen molar-refractivity contribution in [1.82, 2.24) is 30.1 Å². The van der Waals surface area contributed by atoms with E-state index in [-0.39, 0.29) is 62.0 Å². The third-order valence-electron chi connectivity index (χ3n) is 8.14. The zero-order valence-corrected chi connectivity index (χ0v) is 25.7. The molecule has 234 valence electrons. The summed E-state index contributed by atoms with van der Waals surface area (Å²) in [5.41, 5.74) is 9.07. The first-order valence-electron chi connectivity index (χ1n) is 14.7. The molecule has 1 unspecified atom stereocenters. The lowest BCUT2D eigenvalue weighted by molar-refractivity contribution is -0.158. The Labute approximate surface area is 263 Å². The minimum absolute atomic E-state index is 0.0851. The molecule has 0 radical (unpaired) electrons. The lowest BCUT2D eigenvalue weighted by Crippen LogP contribution is -2.66. The molecule has 4 amide bonds. The summed E-state index contributed by atoms with van der Waals surface area (Å²) in [6.45, 7) is 4.22. The van der Waals surface area contributed by atoms with E-state index in [0.717, 1.165) is 26.9 Å². The van der Waals surface area contributed by atoms with Crippen LogP contribution < -0.4 is 11.1 Å². The molecule has 2 aliphatic heterocycles. The number of hydrazine groups is 1. The summed E-state index contributed by atoms with van der Waals surface area (Å²) in [6.07, 6.45) is -0.381. The van der Waals surface area contributed by atoms with Gasteiger partial charge in [-0.15, -0.1) is 0 Å². The predicted octanol–water partition coefficient (Wildman–Crippen LogP) is 3.68. The Kier molecular flexibility index (Phi) is 8.30. The van der Waals surface area contributed by atoms with Crippen LogP contribution in [0.2, 0.25) is 0 Å². The average molecular weight is 632 g/mol. The Morgan fingerprint density at radius 3 is 2.53 bits per heavy atom. The van der Waals surface area contributed by atoms with Gasteiger partial charge < -0.3 is 26.0 Å². The van der Waals surface area contributed by atoms with Crippen LogP contribution >= 0.6 is 11.3 Å². The summed E-state index contributed by atoms with van der Waals surface area (Å²) < 4.78 is 14.3. The second-order valence-electron chi connectivity index (χ2n) is 11.5. The molecule has 6 rings (SSSR count). The number of anilines is 1. The number of aromatic hydroxyl groups is 1. The van der Waals surface area contributed by atoms with Crippen molar-refractivity contribution in [2.45, 2.75) is 51.6 Å². The highest BCUT2D eigenvalue weighted by molar-refractivity contribution is 7.22. The molecule has 0 saturated carbocycles. The van der Waals surface area contributed by atoms with E-state index in [1.54, 1.807) is 51.2 Å². The summed E-state index contributed by atoms with van der Waals surface area (Å²) in [6, 6.07) is 16.6. The third kappa shape index (κ3) is 6.13. The van der Waals surface area contributed by atoms with Crippen LogP contribution in [0, 0.1) is 5.82 Å². The van der Waals surface area contributed by atoms with Crippen LogP contribution in [0.25, 0.3) is 10.2 Å². The van der Waals surface area contributed by atoms with Gasteiger partial charge >= 0.3 is 6.03 Å². The van der Waals surface area contributed by atoms with Crippen molar-refractivity contribution in [3.8, 4) is 5.75 Å². The summed E-state index contributed by atoms with van der Waals surface area (Å²) in [4.78, 5) is 49.3. The van der Waals surface area contributed by atoms with Gasteiger partial charge in [-0.25, -0.2) is 14.2 Å². The smallest absolute Gasteiger partial charge is 0.332 e. The highest BCUT2D eigenvalue weighted by Gasteiger charge is 2.52. The Morgan fingerprint density at radius 1 is 1.11 bits per heavy atom. The number of nitrogens with two attached hydrogens (primary N) is 1. The number of benzene rings is 3. The molecule has 4 aromatic rings. The number of piperazine rings is 1. The Hall–Kier alpha value is -4.75. The van der Waals surface area contributed by atoms with E-state index in [9.17, 15) is 23.9 Å². The number of rotatable bonds is 8. The normalized spacial score (nSPS) is 18.6. The van der Waals surface area contributed by atoms with Gasteiger partial charge in [-0.05, 0) is 60.9 Å². The van der Waals surface area contributed by atoms with Crippen molar-refractivity contribution >= 4 is 44.5 Å². The SMILES string of the molecule is CC(C)N(C(=O)NCc1ccc(F)cc1)N1CC(=O)N2C1CN(Cc1cccc3sc(N)nc13)C(=O)[C@@H]2Cc1ccc(O)cc1. The summed E-state index contributed by atoms with van der Waals surface area (Å²) in [5, 5.41) is 16.4. The minimum Gasteiger partial charge on any atom is -0.508 e. The molecule has 4 N–H and O–H groups in total. The van der Waals surface area contributed by atoms with Crippen LogP contribution in [-0.4, -0.2) is 79.1 Å². The first-order chi connectivity index (χ1) is 21.6. The number of hydrogen-bond donors (Lipinski definition) is 3. The van der Waals surface area contributed by atoms with Crippen LogP contribution in [0.5, 0.6) is 5.75 Å². The summed E-state index contributed by atoms with van der Waals surface area (Å²) in [7, 11) is 0. The van der Waals surface area contributed by atoms with E-state index in [0.29, 0.717) is 5.13 Å². The number of thiazole rings is 1. The largest absolute Gasteiger partial charge is 0.508 e. The molecule has 2 fully saturated rings. The van der Waals surface area contributed by atoms with E-state index >= 15 is 0 Å². The number of urea groups is 1. The van der Waals surface area contributed by atoms with Gasteiger partial charge in [0.05, 0.1) is 23.3 Å². The number of nitrogen functional groups attached to an aromatic ring is 1. The van der Waals surface area contributed by atoms with Crippen LogP contribution in [-0.2, 0) is 29.1 Å². The zero-order chi connectivity index (χ0) is 31.8.